The topological polar surface area (TPSA) is 172 Å². The summed E-state index contributed by atoms with van der Waals surface area (Å²) in [5, 5.41) is 35.9. The second-order valence-electron chi connectivity index (χ2n) is 19.0. The highest BCUT2D eigenvalue weighted by molar-refractivity contribution is 5.33. The molecule has 0 radical (unpaired) electrons. The zero-order valence-corrected chi connectivity index (χ0v) is 39.9. The Bertz CT molecular complexity index is 2450. The van der Waals surface area contributed by atoms with Gasteiger partial charge in [0.1, 0.15) is 39.4 Å². The number of rotatable bonds is 20. The first-order valence-corrected chi connectivity index (χ1v) is 24.0. The molecule has 1 saturated heterocycles. The van der Waals surface area contributed by atoms with Crippen molar-refractivity contribution < 1.29 is 37.2 Å². The Morgan fingerprint density at radius 3 is 1.42 bits per heavy atom. The van der Waals surface area contributed by atoms with E-state index in [0.717, 1.165) is 35.1 Å². The normalized spacial score (nSPS) is 23.0. The van der Waals surface area contributed by atoms with Crippen molar-refractivity contribution in [3.8, 4) is 0 Å². The Balaban J connectivity index is 0.000000229. The fourth-order valence-corrected chi connectivity index (χ4v) is 10.5. The molecule has 0 unspecified atom stereocenters. The van der Waals surface area contributed by atoms with Crippen molar-refractivity contribution in [2.45, 2.75) is 134 Å². The predicted molar refractivity (Wildman–Crippen MR) is 265 cm³/mol. The van der Waals surface area contributed by atoms with Gasteiger partial charge in [0, 0.05) is 25.2 Å². The first kappa shape index (κ1) is 54.6. The molecule has 3 heterocycles. The number of aromatic amines is 2. The number of halogens is 4. The van der Waals surface area contributed by atoms with E-state index in [1.54, 1.807) is 39.5 Å². The second kappa shape index (κ2) is 24.6. The number of hydrogen-bond acceptors (Lipinski definition) is 9. The van der Waals surface area contributed by atoms with Crippen molar-refractivity contribution in [3.05, 3.63) is 175 Å². The Kier molecular flexibility index (Phi) is 18.9. The molecular formula is C54H69F4N7O6. The minimum Gasteiger partial charge on any atom is -0.396 e. The molecule has 4 aromatic carbocycles. The number of nitrogens with zero attached hydrogens (tertiary/aromatic N) is 4. The SMILES string of the molecule is C.C[C@@H](OCC1(c2ccccc2)CCC(CCO)(n2cn[nH]c2=O)CC1)c1cc(CF)cc(CF)c1.C[C@@H](OC[C@@]1(c2ccccc2)CC[C@@](CCO)(n2cn[nH]c2=O)CN1)c1cc(CF)cc(CF)c1. The number of aromatic nitrogens is 6. The minimum atomic E-state index is -0.663. The number of nitrogens with one attached hydrogen (secondary N) is 3. The van der Waals surface area contributed by atoms with Crippen molar-refractivity contribution in [1.82, 2.24) is 34.8 Å². The summed E-state index contributed by atoms with van der Waals surface area (Å²) >= 11 is 0. The van der Waals surface area contributed by atoms with E-state index in [1.165, 1.54) is 18.7 Å². The molecule has 1 aliphatic carbocycles. The van der Waals surface area contributed by atoms with Gasteiger partial charge in [-0.05, 0) is 110 Å². The lowest BCUT2D eigenvalue weighted by molar-refractivity contribution is -0.0136. The van der Waals surface area contributed by atoms with Crippen molar-refractivity contribution in [2.75, 3.05) is 33.0 Å². The van der Waals surface area contributed by atoms with Crippen LogP contribution in [0, 0.1) is 0 Å². The molecule has 0 amide bonds. The van der Waals surface area contributed by atoms with Crippen LogP contribution in [0.4, 0.5) is 17.6 Å². The lowest BCUT2D eigenvalue weighted by Crippen LogP contribution is -2.60. The summed E-state index contributed by atoms with van der Waals surface area (Å²) in [7, 11) is 0. The van der Waals surface area contributed by atoms with Crippen LogP contribution in [0.25, 0.3) is 0 Å². The van der Waals surface area contributed by atoms with Gasteiger partial charge < -0.3 is 25.0 Å². The van der Waals surface area contributed by atoms with Gasteiger partial charge in [0.25, 0.3) is 0 Å². The molecule has 2 aromatic heterocycles. The number of H-pyrrole nitrogens is 2. The fraction of sp³-hybridized carbons (Fsp3) is 0.481. The third kappa shape index (κ3) is 12.3. The van der Waals surface area contributed by atoms with Crippen molar-refractivity contribution in [2.24, 2.45) is 0 Å². The number of benzene rings is 4. The maximum absolute atomic E-state index is 13.3. The Labute approximate surface area is 412 Å². The average Bonchev–Trinajstić information content (AvgIpc) is 4.06. The maximum Gasteiger partial charge on any atom is 0.343 e. The predicted octanol–water partition coefficient (Wildman–Crippen LogP) is 9.16. The highest BCUT2D eigenvalue weighted by Gasteiger charge is 2.47. The van der Waals surface area contributed by atoms with Crippen LogP contribution < -0.4 is 16.7 Å². The molecule has 0 spiro atoms. The summed E-state index contributed by atoms with van der Waals surface area (Å²) in [5.74, 6) is 0. The van der Waals surface area contributed by atoms with Gasteiger partial charge >= 0.3 is 11.4 Å². The molecule has 1 saturated carbocycles. The molecule has 4 atom stereocenters. The zero-order chi connectivity index (χ0) is 49.8. The monoisotopic (exact) mass is 988 g/mol. The van der Waals surface area contributed by atoms with Crippen LogP contribution in [0.5, 0.6) is 0 Å². The van der Waals surface area contributed by atoms with Gasteiger partial charge in [-0.2, -0.15) is 10.2 Å². The van der Waals surface area contributed by atoms with E-state index in [4.69, 9.17) is 9.47 Å². The van der Waals surface area contributed by atoms with Gasteiger partial charge in [-0.25, -0.2) is 37.3 Å². The number of aliphatic hydroxyl groups excluding tert-OH is 2. The van der Waals surface area contributed by atoms with Gasteiger partial charge in [0.05, 0.1) is 42.0 Å². The molecule has 17 heteroatoms. The summed E-state index contributed by atoms with van der Waals surface area (Å²) in [5.41, 5.74) is 2.90. The largest absolute Gasteiger partial charge is 0.396 e. The van der Waals surface area contributed by atoms with Crippen LogP contribution in [0.15, 0.2) is 119 Å². The van der Waals surface area contributed by atoms with Gasteiger partial charge in [-0.1, -0.05) is 104 Å². The molecule has 2 fully saturated rings. The summed E-state index contributed by atoms with van der Waals surface area (Å²) in [6, 6.07) is 30.1. The fourth-order valence-electron chi connectivity index (χ4n) is 10.5. The molecule has 2 aliphatic rings. The lowest BCUT2D eigenvalue weighted by Gasteiger charge is -2.48. The van der Waals surface area contributed by atoms with E-state index in [1.807, 2.05) is 62.4 Å². The highest BCUT2D eigenvalue weighted by atomic mass is 19.1. The van der Waals surface area contributed by atoms with E-state index in [9.17, 15) is 37.4 Å². The first-order chi connectivity index (χ1) is 33.9. The molecule has 6 aromatic rings. The molecule has 71 heavy (non-hydrogen) atoms. The third-order valence-corrected chi connectivity index (χ3v) is 14.8. The molecule has 13 nitrogen and oxygen atoms in total. The van der Waals surface area contributed by atoms with Crippen LogP contribution in [0.2, 0.25) is 0 Å². The number of ether oxygens (including phenoxy) is 2. The van der Waals surface area contributed by atoms with E-state index in [0.29, 0.717) is 80.5 Å². The van der Waals surface area contributed by atoms with E-state index >= 15 is 0 Å². The summed E-state index contributed by atoms with van der Waals surface area (Å²) < 4.78 is 69.1. The van der Waals surface area contributed by atoms with Crippen LogP contribution in [-0.4, -0.2) is 72.7 Å². The van der Waals surface area contributed by atoms with Crippen molar-refractivity contribution >= 4 is 0 Å². The molecule has 384 valence electrons. The Morgan fingerprint density at radius 2 is 1.01 bits per heavy atom. The minimum absolute atomic E-state index is 0. The lowest BCUT2D eigenvalue weighted by atomic mass is 9.63. The zero-order valence-electron chi connectivity index (χ0n) is 39.9. The van der Waals surface area contributed by atoms with Crippen LogP contribution in [0.1, 0.15) is 129 Å². The number of aliphatic hydroxyl groups is 2. The average molecular weight is 988 g/mol. The quantitative estimate of drug-likeness (QED) is 0.0468. The molecular weight excluding hydrogens is 919 g/mol. The van der Waals surface area contributed by atoms with E-state index < -0.39 is 43.3 Å². The van der Waals surface area contributed by atoms with Gasteiger partial charge in [0.15, 0.2) is 0 Å². The van der Waals surface area contributed by atoms with Gasteiger partial charge in [0.2, 0.25) is 0 Å². The second-order valence-corrected chi connectivity index (χ2v) is 19.0. The summed E-state index contributed by atoms with van der Waals surface area (Å²) in [6.07, 6.45) is 7.29. The van der Waals surface area contributed by atoms with Crippen molar-refractivity contribution in [3.63, 3.8) is 0 Å². The highest BCUT2D eigenvalue weighted by Crippen LogP contribution is 2.48. The van der Waals surface area contributed by atoms with Gasteiger partial charge in [-0.3, -0.25) is 9.13 Å². The maximum atomic E-state index is 13.3. The van der Waals surface area contributed by atoms with Crippen LogP contribution in [0.3, 0.4) is 0 Å². The van der Waals surface area contributed by atoms with E-state index in [2.05, 4.69) is 37.8 Å². The standard InChI is InChI=1S/C27H33F2N3O3.C26H32F2N4O3.CH4/c1-20(23-14-21(16-28)13-22(15-23)17-29)35-18-26(24-5-3-2-4-6-24)7-9-27(10-8-26,11-12-33)32-19-30-31-25(32)34;1-19(22-12-20(14-27)11-21(13-22)15-28)35-17-26(23-5-3-2-4-6-23)8-7-25(9-10-33,16-29-26)32-18-30-31-24(32)34;/h2-6,13-15,19-20,33H,7-12,16-18H2,1H3,(H,31,34);2-6,11-13,18-19,29,33H,7-10,14-17H2,1H3,(H,31,34);1H4/t20-,26?,27?;19-,25+,26-;/m11./s1. The van der Waals surface area contributed by atoms with Gasteiger partial charge in [-0.15, -0.1) is 0 Å². The molecule has 8 rings (SSSR count). The van der Waals surface area contributed by atoms with Crippen LogP contribution >= 0.6 is 0 Å². The molecule has 5 N–H and O–H groups in total. The number of hydrogen-bond donors (Lipinski definition) is 5. The summed E-state index contributed by atoms with van der Waals surface area (Å²) in [6.45, 7) is 2.25. The smallest absolute Gasteiger partial charge is 0.343 e. The Hall–Kier alpha value is -5.72. The molecule has 0 bridgehead atoms. The Morgan fingerprint density at radius 1 is 0.592 bits per heavy atom. The van der Waals surface area contributed by atoms with Crippen LogP contribution in [-0.2, 0) is 58.2 Å². The number of alkyl halides is 4. The third-order valence-electron chi connectivity index (χ3n) is 14.8. The number of piperidine rings is 1. The molecule has 1 aliphatic heterocycles. The summed E-state index contributed by atoms with van der Waals surface area (Å²) in [4.78, 5) is 24.8. The van der Waals surface area contributed by atoms with E-state index in [-0.39, 0.29) is 49.6 Å². The van der Waals surface area contributed by atoms with Crippen molar-refractivity contribution in [1.29, 1.82) is 0 Å². The first-order valence-electron chi connectivity index (χ1n) is 24.0.